The fourth-order valence-corrected chi connectivity index (χ4v) is 9.11. The van der Waals surface area contributed by atoms with Gasteiger partial charge in [0.2, 0.25) is 0 Å². The number of ether oxygens (including phenoxy) is 1. The summed E-state index contributed by atoms with van der Waals surface area (Å²) in [5.41, 5.74) is 2.50. The number of alkyl halides is 1. The standard InChI is InChI=1S/C35H38F2N6O3/c36-22-12-35(6-1-7-43(35)14-22)18-46-34-40-32-28(33(41-34)42-15-23-4-5-24(16-42)39-23)13-38-31(30(32)37)27-11-25(45)10-21-3-2-20-8-19(17-44)9-26(20)29(21)27/h2-3,10-11,13,19,22-24,39,44-45H,1,4-9,12,14-18H2/t19?,22-,23-,24+,35+/m1/s1. The molecule has 4 aliphatic heterocycles. The van der Waals surface area contributed by atoms with E-state index in [1.54, 1.807) is 18.3 Å². The number of benzene rings is 2. The predicted octanol–water partition coefficient (Wildman–Crippen LogP) is 4.29. The van der Waals surface area contributed by atoms with E-state index in [0.717, 1.165) is 73.6 Å². The molecule has 3 N–H and O–H groups in total. The molecule has 1 unspecified atom stereocenters. The number of aromatic hydroxyl groups is 1. The number of aliphatic hydroxyl groups excluding tert-OH is 1. The second-order valence-electron chi connectivity index (χ2n) is 14.2. The van der Waals surface area contributed by atoms with Crippen molar-refractivity contribution in [2.45, 2.75) is 68.7 Å². The molecule has 2 aromatic carbocycles. The number of pyridine rings is 1. The van der Waals surface area contributed by atoms with Crippen LogP contribution in [0.1, 0.15) is 43.2 Å². The van der Waals surface area contributed by atoms with Crippen molar-refractivity contribution in [3.63, 3.8) is 0 Å². The van der Waals surface area contributed by atoms with Gasteiger partial charge in [0.15, 0.2) is 5.82 Å². The van der Waals surface area contributed by atoms with Crippen molar-refractivity contribution in [2.75, 3.05) is 44.3 Å². The Morgan fingerprint density at radius 2 is 1.93 bits per heavy atom. The molecule has 5 aliphatic rings. The van der Waals surface area contributed by atoms with Crippen molar-refractivity contribution in [1.29, 1.82) is 0 Å². The molecule has 11 heteroatoms. The van der Waals surface area contributed by atoms with Gasteiger partial charge in [-0.2, -0.15) is 9.97 Å². The van der Waals surface area contributed by atoms with Gasteiger partial charge in [-0.25, -0.2) is 8.78 Å². The van der Waals surface area contributed by atoms with Gasteiger partial charge in [-0.05, 0) is 85.0 Å². The van der Waals surface area contributed by atoms with Crippen LogP contribution in [-0.2, 0) is 12.8 Å². The third-order valence-electron chi connectivity index (χ3n) is 11.2. The molecule has 4 aromatic rings. The highest BCUT2D eigenvalue weighted by atomic mass is 19.1. The average molecular weight is 629 g/mol. The molecule has 4 fully saturated rings. The van der Waals surface area contributed by atoms with E-state index in [2.05, 4.69) is 25.1 Å². The maximum atomic E-state index is 17.0. The zero-order valence-corrected chi connectivity index (χ0v) is 25.7. The molecule has 2 aromatic heterocycles. The van der Waals surface area contributed by atoms with Crippen LogP contribution in [0.15, 0.2) is 30.5 Å². The van der Waals surface area contributed by atoms with Crippen LogP contribution in [0.2, 0.25) is 0 Å². The maximum absolute atomic E-state index is 17.0. The summed E-state index contributed by atoms with van der Waals surface area (Å²) in [7, 11) is 0. The van der Waals surface area contributed by atoms with Crippen LogP contribution in [0.4, 0.5) is 14.6 Å². The Kier molecular flexibility index (Phi) is 6.63. The minimum absolute atomic E-state index is 0.0206. The molecule has 9 rings (SSSR count). The quantitative estimate of drug-likeness (QED) is 0.288. The van der Waals surface area contributed by atoms with Crippen LogP contribution in [0.25, 0.3) is 32.9 Å². The normalized spacial score (nSPS) is 28.8. The SMILES string of the molecule is OCC1Cc2ccc3cc(O)cc(-c4ncc5c(N6C[C@H]7CC[C@@H](C6)N7)nc(OC[C@@]67CCCN6C[C@H](F)C7)nc5c4F)c3c2C1. The van der Waals surface area contributed by atoms with Crippen molar-refractivity contribution < 1.29 is 23.7 Å². The number of aliphatic hydroxyl groups is 1. The molecular weight excluding hydrogens is 590 g/mol. The van der Waals surface area contributed by atoms with Gasteiger partial charge in [-0.3, -0.25) is 9.88 Å². The van der Waals surface area contributed by atoms with Crippen LogP contribution in [0.3, 0.4) is 0 Å². The summed E-state index contributed by atoms with van der Waals surface area (Å²) in [4.78, 5) is 18.6. The van der Waals surface area contributed by atoms with E-state index in [1.165, 1.54) is 0 Å². The largest absolute Gasteiger partial charge is 0.508 e. The fraction of sp³-hybridized carbons (Fsp3) is 0.514. The fourth-order valence-electron chi connectivity index (χ4n) is 9.11. The van der Waals surface area contributed by atoms with Gasteiger partial charge in [0.25, 0.3) is 0 Å². The smallest absolute Gasteiger partial charge is 0.319 e. The van der Waals surface area contributed by atoms with Crippen molar-refractivity contribution in [3.05, 3.63) is 47.4 Å². The molecule has 2 bridgehead atoms. The molecule has 0 radical (unpaired) electrons. The molecule has 0 saturated carbocycles. The first kappa shape index (κ1) is 28.5. The molecule has 5 atom stereocenters. The summed E-state index contributed by atoms with van der Waals surface area (Å²) in [5.74, 6) is 0.117. The lowest BCUT2D eigenvalue weighted by molar-refractivity contribution is 0.107. The van der Waals surface area contributed by atoms with E-state index >= 15 is 4.39 Å². The second kappa shape index (κ2) is 10.7. The summed E-state index contributed by atoms with van der Waals surface area (Å²) >= 11 is 0. The number of nitrogens with one attached hydrogen (secondary N) is 1. The minimum Gasteiger partial charge on any atom is -0.508 e. The number of hydrogen-bond donors (Lipinski definition) is 3. The Hall–Kier alpha value is -3.67. The lowest BCUT2D eigenvalue weighted by atomic mass is 9.93. The lowest BCUT2D eigenvalue weighted by Crippen LogP contribution is -2.51. The Labute approximate surface area is 265 Å². The van der Waals surface area contributed by atoms with Crippen LogP contribution >= 0.6 is 0 Å². The van der Waals surface area contributed by atoms with Crippen LogP contribution in [0.5, 0.6) is 11.8 Å². The Bertz CT molecular complexity index is 1860. The Morgan fingerprint density at radius 3 is 2.76 bits per heavy atom. The first-order valence-electron chi connectivity index (χ1n) is 16.7. The molecule has 46 heavy (non-hydrogen) atoms. The highest BCUT2D eigenvalue weighted by Gasteiger charge is 2.49. The van der Waals surface area contributed by atoms with Gasteiger partial charge in [-0.15, -0.1) is 0 Å². The number of nitrogens with zero attached hydrogens (tertiary/aromatic N) is 5. The zero-order chi connectivity index (χ0) is 31.2. The van der Waals surface area contributed by atoms with Gasteiger partial charge in [-0.1, -0.05) is 12.1 Å². The summed E-state index contributed by atoms with van der Waals surface area (Å²) in [6, 6.07) is 7.98. The monoisotopic (exact) mass is 628 g/mol. The molecule has 0 spiro atoms. The molecule has 0 amide bonds. The van der Waals surface area contributed by atoms with Gasteiger partial charge < -0.3 is 25.2 Å². The number of halogens is 2. The Balaban J connectivity index is 1.18. The zero-order valence-electron chi connectivity index (χ0n) is 25.7. The van der Waals surface area contributed by atoms with E-state index in [4.69, 9.17) is 9.72 Å². The van der Waals surface area contributed by atoms with Gasteiger partial charge in [0.1, 0.15) is 35.6 Å². The minimum atomic E-state index is -0.884. The Morgan fingerprint density at radius 1 is 1.09 bits per heavy atom. The molecule has 6 heterocycles. The number of fused-ring (bicyclic) bond motifs is 7. The molecule has 1 aliphatic carbocycles. The van der Waals surface area contributed by atoms with Crippen LogP contribution < -0.4 is 15.0 Å². The van der Waals surface area contributed by atoms with E-state index < -0.39 is 12.0 Å². The highest BCUT2D eigenvalue weighted by Crippen LogP contribution is 2.43. The summed E-state index contributed by atoms with van der Waals surface area (Å²) < 4.78 is 37.8. The summed E-state index contributed by atoms with van der Waals surface area (Å²) in [6.07, 6.45) is 6.62. The molecule has 240 valence electrons. The van der Waals surface area contributed by atoms with Crippen molar-refractivity contribution in [1.82, 2.24) is 25.2 Å². The van der Waals surface area contributed by atoms with E-state index in [-0.39, 0.29) is 47.6 Å². The van der Waals surface area contributed by atoms with E-state index in [1.807, 2.05) is 12.1 Å². The highest BCUT2D eigenvalue weighted by molar-refractivity contribution is 6.02. The summed E-state index contributed by atoms with van der Waals surface area (Å²) in [5, 5.41) is 26.4. The van der Waals surface area contributed by atoms with Gasteiger partial charge in [0.05, 0.1) is 10.9 Å². The van der Waals surface area contributed by atoms with Gasteiger partial charge >= 0.3 is 6.01 Å². The van der Waals surface area contributed by atoms with E-state index in [9.17, 15) is 14.6 Å². The summed E-state index contributed by atoms with van der Waals surface area (Å²) in [6.45, 7) is 3.07. The maximum Gasteiger partial charge on any atom is 0.319 e. The number of aromatic nitrogens is 3. The second-order valence-corrected chi connectivity index (χ2v) is 14.2. The van der Waals surface area contributed by atoms with Crippen molar-refractivity contribution in [2.24, 2.45) is 5.92 Å². The number of phenolic OH excluding ortho intramolecular Hbond substituents is 1. The third-order valence-corrected chi connectivity index (χ3v) is 11.2. The molecule has 4 saturated heterocycles. The average Bonchev–Trinajstić information content (AvgIpc) is 3.81. The van der Waals surface area contributed by atoms with Crippen molar-refractivity contribution in [3.8, 4) is 23.0 Å². The van der Waals surface area contributed by atoms with Crippen LogP contribution in [0, 0.1) is 11.7 Å². The predicted molar refractivity (Wildman–Crippen MR) is 171 cm³/mol. The van der Waals surface area contributed by atoms with Gasteiger partial charge in [0, 0.05) is 56.5 Å². The van der Waals surface area contributed by atoms with Crippen LogP contribution in [-0.4, -0.2) is 93.3 Å². The van der Waals surface area contributed by atoms with Crippen molar-refractivity contribution >= 4 is 27.5 Å². The number of rotatable bonds is 6. The topological polar surface area (TPSA) is 107 Å². The first-order chi connectivity index (χ1) is 22.4. The van der Waals surface area contributed by atoms with E-state index in [0.29, 0.717) is 48.2 Å². The first-order valence-corrected chi connectivity index (χ1v) is 16.7. The third kappa shape index (κ3) is 4.53. The lowest BCUT2D eigenvalue weighted by Gasteiger charge is -2.34. The molecule has 9 nitrogen and oxygen atoms in total. The number of anilines is 1. The number of piperazine rings is 1. The molecular formula is C35H38F2N6O3. The number of phenols is 1. The number of hydrogen-bond acceptors (Lipinski definition) is 9.